The zero-order valence-electron chi connectivity index (χ0n) is 46.1. The summed E-state index contributed by atoms with van der Waals surface area (Å²) in [6, 6.07) is 0. The smallest absolute Gasteiger partial charge is 0.335 e. The minimum atomic E-state index is -1.92. The molecule has 6 atom stereocenters. The molecular weight excluding hydrogens is 925 g/mol. The van der Waals surface area contributed by atoms with E-state index < -0.39 is 67.3 Å². The van der Waals surface area contributed by atoms with E-state index in [1.807, 2.05) is 0 Å². The van der Waals surface area contributed by atoms with Crippen molar-refractivity contribution in [3.63, 3.8) is 0 Å². The molecule has 0 aromatic rings. The van der Waals surface area contributed by atoms with E-state index in [4.69, 9.17) is 23.7 Å². The van der Waals surface area contributed by atoms with Gasteiger partial charge in [-0.15, -0.1) is 0 Å². The molecule has 1 rings (SSSR count). The zero-order valence-corrected chi connectivity index (χ0v) is 46.1. The molecule has 0 aromatic carbocycles. The van der Waals surface area contributed by atoms with Gasteiger partial charge in [-0.05, 0) is 83.5 Å². The number of ether oxygens (including phenoxy) is 5. The number of aliphatic hydroxyl groups is 2. The Morgan fingerprint density at radius 3 is 1.36 bits per heavy atom. The van der Waals surface area contributed by atoms with Crippen molar-refractivity contribution in [2.45, 2.75) is 289 Å². The quantitative estimate of drug-likeness (QED) is 0.0228. The van der Waals surface area contributed by atoms with Gasteiger partial charge >= 0.3 is 23.9 Å². The highest BCUT2D eigenvalue weighted by Gasteiger charge is 2.50. The first-order chi connectivity index (χ1) is 35.6. The molecule has 1 saturated heterocycles. The van der Waals surface area contributed by atoms with Crippen molar-refractivity contribution in [2.75, 3.05) is 13.2 Å². The lowest BCUT2D eigenvalue weighted by atomic mass is 9.98. The van der Waals surface area contributed by atoms with Crippen molar-refractivity contribution in [3.05, 3.63) is 60.8 Å². The summed E-state index contributed by atoms with van der Waals surface area (Å²) in [6.45, 7) is 5.85. The molecule has 1 aliphatic heterocycles. The van der Waals surface area contributed by atoms with Crippen molar-refractivity contribution >= 4 is 23.9 Å². The maximum absolute atomic E-state index is 13.1. The largest absolute Gasteiger partial charge is 0.479 e. The molecule has 0 radical (unpaired) electrons. The number of carbonyl (C=O) groups excluding carboxylic acids is 3. The van der Waals surface area contributed by atoms with E-state index in [0.717, 1.165) is 89.9 Å². The Labute approximate surface area is 443 Å². The van der Waals surface area contributed by atoms with E-state index in [1.54, 1.807) is 0 Å². The van der Waals surface area contributed by atoms with Crippen LogP contribution in [0.2, 0.25) is 0 Å². The van der Waals surface area contributed by atoms with Gasteiger partial charge in [0.25, 0.3) is 0 Å². The lowest BCUT2D eigenvalue weighted by Gasteiger charge is -2.40. The van der Waals surface area contributed by atoms with Crippen LogP contribution in [0.5, 0.6) is 0 Å². The number of unbranched alkanes of at least 4 members (excludes halogenated alkanes) is 25. The molecule has 3 N–H and O–H groups in total. The zero-order chi connectivity index (χ0) is 53.3. The monoisotopic (exact) mass is 1030 g/mol. The van der Waals surface area contributed by atoms with Crippen LogP contribution in [0.1, 0.15) is 252 Å². The maximum atomic E-state index is 13.1. The van der Waals surface area contributed by atoms with Crippen LogP contribution in [0.3, 0.4) is 0 Å². The van der Waals surface area contributed by atoms with Crippen molar-refractivity contribution in [1.82, 2.24) is 0 Å². The Bertz CT molecular complexity index is 1500. The van der Waals surface area contributed by atoms with Crippen LogP contribution in [0.25, 0.3) is 0 Å². The van der Waals surface area contributed by atoms with E-state index in [9.17, 15) is 34.5 Å². The van der Waals surface area contributed by atoms with Gasteiger partial charge in [0.05, 0.1) is 6.61 Å². The number of aliphatic carboxylic acids is 1. The van der Waals surface area contributed by atoms with E-state index in [-0.39, 0.29) is 25.9 Å². The lowest BCUT2D eigenvalue weighted by molar-refractivity contribution is -0.301. The highest BCUT2D eigenvalue weighted by atomic mass is 16.7. The number of carbonyl (C=O) groups is 4. The van der Waals surface area contributed by atoms with Gasteiger partial charge in [0.2, 0.25) is 0 Å². The Kier molecular flexibility index (Phi) is 45.5. The third-order valence-corrected chi connectivity index (χ3v) is 13.1. The summed E-state index contributed by atoms with van der Waals surface area (Å²) in [6.07, 6.45) is 47.6. The standard InChI is InChI=1S/C61H104O12/c1-4-7-10-13-16-19-22-25-27-30-32-35-38-41-44-47-53(62)69-50-52(71-54(63)48-45-42-39-36-33-29-24-21-18-15-12-9-6-3)51-70-61-59(57(66)56(65)58(73-61)60(67)68)72-55(64)49-46-43-40-37-34-31-28-26-23-20-17-14-11-8-5-2/h8,11,17,20,25-28,34,37,52,56-59,61,65-66H,4-7,9-10,12-16,18-19,21-24,29-33,35-36,38-51H2,1-3H3,(H,67,68)/b11-8-,20-17-,27-25-,28-26-,37-34-. The summed E-state index contributed by atoms with van der Waals surface area (Å²) < 4.78 is 28.4. The summed E-state index contributed by atoms with van der Waals surface area (Å²) in [5.74, 6) is -3.17. The fourth-order valence-corrected chi connectivity index (χ4v) is 8.59. The number of hydrogen-bond donors (Lipinski definition) is 3. The molecular formula is C61H104O12. The van der Waals surface area contributed by atoms with Gasteiger partial charge in [0.1, 0.15) is 18.8 Å². The van der Waals surface area contributed by atoms with Gasteiger partial charge in [-0.25, -0.2) is 4.79 Å². The first-order valence-electron chi connectivity index (χ1n) is 29.3. The number of esters is 3. The molecule has 6 unspecified atom stereocenters. The minimum absolute atomic E-state index is 0.00794. The summed E-state index contributed by atoms with van der Waals surface area (Å²) >= 11 is 0. The molecule has 12 nitrogen and oxygen atoms in total. The van der Waals surface area contributed by atoms with Gasteiger partial charge < -0.3 is 39.0 Å². The highest BCUT2D eigenvalue weighted by molar-refractivity contribution is 5.74. The van der Waals surface area contributed by atoms with Gasteiger partial charge in [-0.2, -0.15) is 0 Å². The highest BCUT2D eigenvalue weighted by Crippen LogP contribution is 2.26. The molecule has 420 valence electrons. The molecule has 1 aliphatic rings. The van der Waals surface area contributed by atoms with Crippen molar-refractivity contribution in [2.24, 2.45) is 0 Å². The van der Waals surface area contributed by atoms with Gasteiger partial charge in [0.15, 0.2) is 24.6 Å². The van der Waals surface area contributed by atoms with E-state index >= 15 is 0 Å². The van der Waals surface area contributed by atoms with Gasteiger partial charge in [-0.1, -0.05) is 210 Å². The Morgan fingerprint density at radius 2 is 0.863 bits per heavy atom. The van der Waals surface area contributed by atoms with Crippen molar-refractivity contribution in [3.8, 4) is 0 Å². The number of carboxylic acid groups (broad SMARTS) is 1. The average Bonchev–Trinajstić information content (AvgIpc) is 3.37. The normalized spacial score (nSPS) is 18.7. The molecule has 73 heavy (non-hydrogen) atoms. The number of hydrogen-bond acceptors (Lipinski definition) is 11. The predicted molar refractivity (Wildman–Crippen MR) is 294 cm³/mol. The first kappa shape index (κ1) is 67.4. The molecule has 0 aliphatic carbocycles. The van der Waals surface area contributed by atoms with E-state index in [0.29, 0.717) is 25.7 Å². The number of carboxylic acids is 1. The average molecular weight is 1030 g/mol. The Hall–Kier alpha value is -3.58. The molecule has 12 heteroatoms. The fourth-order valence-electron chi connectivity index (χ4n) is 8.59. The second-order valence-electron chi connectivity index (χ2n) is 19.9. The van der Waals surface area contributed by atoms with Crippen LogP contribution in [0.15, 0.2) is 60.8 Å². The number of allylic oxidation sites excluding steroid dienone is 10. The van der Waals surface area contributed by atoms with Crippen LogP contribution in [-0.4, -0.2) is 89.2 Å². The van der Waals surface area contributed by atoms with Crippen LogP contribution in [0.4, 0.5) is 0 Å². The fraction of sp³-hybridized carbons (Fsp3) is 0.770. The molecule has 1 fully saturated rings. The summed E-state index contributed by atoms with van der Waals surface area (Å²) in [5.41, 5.74) is 0. The van der Waals surface area contributed by atoms with Gasteiger partial charge in [-0.3, -0.25) is 14.4 Å². The van der Waals surface area contributed by atoms with Crippen LogP contribution in [0, 0.1) is 0 Å². The van der Waals surface area contributed by atoms with E-state index in [1.165, 1.54) is 96.3 Å². The summed E-state index contributed by atoms with van der Waals surface area (Å²) in [4.78, 5) is 51.0. The molecule has 0 spiro atoms. The Morgan fingerprint density at radius 1 is 0.466 bits per heavy atom. The minimum Gasteiger partial charge on any atom is -0.479 e. The van der Waals surface area contributed by atoms with Crippen molar-refractivity contribution < 1.29 is 58.2 Å². The van der Waals surface area contributed by atoms with Gasteiger partial charge in [0, 0.05) is 19.3 Å². The molecule has 1 heterocycles. The van der Waals surface area contributed by atoms with E-state index in [2.05, 4.69) is 81.5 Å². The SMILES string of the molecule is CC/C=C\C/C=C\C/C=C\C/C=C\CCCCC(=O)OC1C(OCC(COC(=O)CCCCCCC/C=C\CCCCCCCC)OC(=O)CCCCCCCCCCCCCCC)OC(C(=O)O)C(O)C1O. The maximum Gasteiger partial charge on any atom is 0.335 e. The van der Waals surface area contributed by atoms with Crippen molar-refractivity contribution in [1.29, 1.82) is 0 Å². The van der Waals surface area contributed by atoms with Crippen LogP contribution in [-0.2, 0) is 42.9 Å². The third kappa shape index (κ3) is 39.5. The Balaban J connectivity index is 2.72. The molecule has 0 aromatic heterocycles. The van der Waals surface area contributed by atoms with Crippen LogP contribution < -0.4 is 0 Å². The second-order valence-corrected chi connectivity index (χ2v) is 19.9. The molecule has 0 bridgehead atoms. The molecule has 0 amide bonds. The topological polar surface area (TPSA) is 175 Å². The number of aliphatic hydroxyl groups excluding tert-OH is 2. The predicted octanol–water partition coefficient (Wildman–Crippen LogP) is 14.8. The lowest BCUT2D eigenvalue weighted by Crippen LogP contribution is -2.61. The molecule has 0 saturated carbocycles. The second kappa shape index (κ2) is 49.3. The first-order valence-corrected chi connectivity index (χ1v) is 29.3. The summed E-state index contributed by atoms with van der Waals surface area (Å²) in [7, 11) is 0. The van der Waals surface area contributed by atoms with Crippen LogP contribution >= 0.6 is 0 Å². The third-order valence-electron chi connectivity index (χ3n) is 13.1. The number of rotatable bonds is 49. The summed E-state index contributed by atoms with van der Waals surface area (Å²) in [5, 5.41) is 31.4.